The fourth-order valence-electron chi connectivity index (χ4n) is 3.06. The van der Waals surface area contributed by atoms with Gasteiger partial charge >= 0.3 is 6.18 Å². The summed E-state index contributed by atoms with van der Waals surface area (Å²) in [7, 11) is 1.32. The summed E-state index contributed by atoms with van der Waals surface area (Å²) < 4.78 is 46.0. The number of H-pyrrole nitrogens is 1. The van der Waals surface area contributed by atoms with Crippen LogP contribution in [0.2, 0.25) is 10.0 Å². The van der Waals surface area contributed by atoms with E-state index in [2.05, 4.69) is 10.1 Å². The van der Waals surface area contributed by atoms with Gasteiger partial charge in [0, 0.05) is 28.6 Å². The summed E-state index contributed by atoms with van der Waals surface area (Å²) in [5.41, 5.74) is -0.605. The van der Waals surface area contributed by atoms with Gasteiger partial charge in [-0.15, -0.1) is 0 Å². The second kappa shape index (κ2) is 6.42. The van der Waals surface area contributed by atoms with Crippen molar-refractivity contribution in [1.29, 1.82) is 0 Å². The summed E-state index contributed by atoms with van der Waals surface area (Å²) in [5, 5.41) is 4.17. The number of aromatic nitrogens is 3. The molecular weight excluding hydrogens is 418 g/mol. The zero-order valence-corrected chi connectivity index (χ0v) is 15.6. The second-order valence-electron chi connectivity index (χ2n) is 5.94. The van der Waals surface area contributed by atoms with Crippen LogP contribution in [0.4, 0.5) is 13.2 Å². The molecule has 3 heterocycles. The van der Waals surface area contributed by atoms with E-state index in [1.807, 2.05) is 0 Å². The van der Waals surface area contributed by atoms with Crippen LogP contribution in [-0.2, 0) is 6.18 Å². The van der Waals surface area contributed by atoms with E-state index in [1.54, 1.807) is 24.3 Å². The highest BCUT2D eigenvalue weighted by atomic mass is 35.5. The first-order chi connectivity index (χ1) is 13.2. The molecule has 0 aliphatic rings. The number of methoxy groups -OCH3 is 1. The molecule has 0 radical (unpaired) electrons. The van der Waals surface area contributed by atoms with Crippen molar-refractivity contribution in [3.05, 3.63) is 62.6 Å². The lowest BCUT2D eigenvalue weighted by atomic mass is 10.0. The lowest BCUT2D eigenvalue weighted by Gasteiger charge is -2.10. The zero-order valence-electron chi connectivity index (χ0n) is 14.1. The summed E-state index contributed by atoms with van der Waals surface area (Å²) in [6.45, 7) is 0. The number of benzene rings is 1. The van der Waals surface area contributed by atoms with Crippen LogP contribution < -0.4 is 10.3 Å². The molecule has 28 heavy (non-hydrogen) atoms. The monoisotopic (exact) mass is 427 g/mol. The average Bonchev–Trinajstić information content (AvgIpc) is 3.02. The fraction of sp³-hybridized carbons (Fsp3) is 0.111. The third kappa shape index (κ3) is 2.80. The Labute approximate surface area is 165 Å². The van der Waals surface area contributed by atoms with Crippen molar-refractivity contribution in [1.82, 2.24) is 14.6 Å². The molecule has 0 spiro atoms. The summed E-state index contributed by atoms with van der Waals surface area (Å²) in [5.74, 6) is 0.0893. The molecule has 1 N–H and O–H groups in total. The highest BCUT2D eigenvalue weighted by molar-refractivity contribution is 6.36. The maximum atomic E-state index is 13.3. The average molecular weight is 428 g/mol. The van der Waals surface area contributed by atoms with Gasteiger partial charge in [-0.25, -0.2) is 0 Å². The third-order valence-corrected chi connectivity index (χ3v) is 4.99. The van der Waals surface area contributed by atoms with E-state index >= 15 is 0 Å². The van der Waals surface area contributed by atoms with Crippen LogP contribution in [0.1, 0.15) is 5.69 Å². The Morgan fingerprint density at radius 3 is 2.57 bits per heavy atom. The number of fused-ring (bicyclic) bond motifs is 2. The first-order valence-electron chi connectivity index (χ1n) is 7.86. The number of alkyl halides is 3. The van der Waals surface area contributed by atoms with Crippen molar-refractivity contribution in [2.45, 2.75) is 6.18 Å². The molecule has 144 valence electrons. The Balaban J connectivity index is 2.07. The molecule has 5 nitrogen and oxygen atoms in total. The van der Waals surface area contributed by atoms with Gasteiger partial charge in [0.1, 0.15) is 0 Å². The van der Waals surface area contributed by atoms with E-state index in [1.165, 1.54) is 19.4 Å². The summed E-state index contributed by atoms with van der Waals surface area (Å²) in [4.78, 5) is 14.5. The highest BCUT2D eigenvalue weighted by Gasteiger charge is 2.38. The molecule has 0 amide bonds. The van der Waals surface area contributed by atoms with Crippen molar-refractivity contribution in [2.24, 2.45) is 0 Å². The lowest BCUT2D eigenvalue weighted by molar-refractivity contribution is -0.141. The minimum Gasteiger partial charge on any atom is -0.481 e. The number of rotatable bonds is 2. The predicted molar refractivity (Wildman–Crippen MR) is 100 cm³/mol. The molecule has 0 aliphatic carbocycles. The normalized spacial score (nSPS) is 12.1. The number of hydrogen-bond donors (Lipinski definition) is 1. The zero-order chi connectivity index (χ0) is 20.2. The molecule has 0 saturated carbocycles. The number of nitrogens with one attached hydrogen (secondary N) is 1. The number of aromatic amines is 1. The van der Waals surface area contributed by atoms with Crippen LogP contribution >= 0.6 is 23.2 Å². The van der Waals surface area contributed by atoms with Crippen LogP contribution in [0.25, 0.3) is 27.4 Å². The van der Waals surface area contributed by atoms with E-state index < -0.39 is 16.9 Å². The predicted octanol–water partition coefficient (Wildman–Crippen LogP) is 5.18. The van der Waals surface area contributed by atoms with E-state index in [0.717, 1.165) is 4.52 Å². The molecule has 0 saturated heterocycles. The maximum Gasteiger partial charge on any atom is 0.436 e. The quantitative estimate of drug-likeness (QED) is 0.479. The SMILES string of the molecule is COc1ccc(-c2ccc3c(=O)[nH]cc(Cl)c3c2)c2c(Cl)c(C(F)(F)F)nn12. The second-order valence-corrected chi connectivity index (χ2v) is 6.72. The molecule has 4 aromatic rings. The largest absolute Gasteiger partial charge is 0.481 e. The topological polar surface area (TPSA) is 59.4 Å². The maximum absolute atomic E-state index is 13.3. The molecule has 0 bridgehead atoms. The molecule has 0 fully saturated rings. The number of nitrogens with zero attached hydrogens (tertiary/aromatic N) is 2. The van der Waals surface area contributed by atoms with Crippen LogP contribution in [-0.4, -0.2) is 21.7 Å². The van der Waals surface area contributed by atoms with Crippen molar-refractivity contribution in [3.63, 3.8) is 0 Å². The number of halogens is 5. The van der Waals surface area contributed by atoms with Gasteiger partial charge in [0.2, 0.25) is 5.88 Å². The van der Waals surface area contributed by atoms with Gasteiger partial charge in [0.15, 0.2) is 5.69 Å². The van der Waals surface area contributed by atoms with Crippen LogP contribution in [0, 0.1) is 0 Å². The third-order valence-electron chi connectivity index (χ3n) is 4.32. The molecule has 0 atom stereocenters. The van der Waals surface area contributed by atoms with Crippen molar-refractivity contribution >= 4 is 39.5 Å². The smallest absolute Gasteiger partial charge is 0.436 e. The Kier molecular flexibility index (Phi) is 4.28. The van der Waals surface area contributed by atoms with E-state index in [-0.39, 0.29) is 17.0 Å². The van der Waals surface area contributed by atoms with Gasteiger partial charge in [0.25, 0.3) is 5.56 Å². The lowest BCUT2D eigenvalue weighted by Crippen LogP contribution is -2.07. The fourth-order valence-corrected chi connectivity index (χ4v) is 3.59. The minimum atomic E-state index is -4.73. The highest BCUT2D eigenvalue weighted by Crippen LogP contribution is 2.41. The number of ether oxygens (including phenoxy) is 1. The Bertz CT molecular complexity index is 1300. The van der Waals surface area contributed by atoms with E-state index in [4.69, 9.17) is 27.9 Å². The molecular formula is C18H10Cl2F3N3O2. The van der Waals surface area contributed by atoms with Crippen molar-refractivity contribution in [2.75, 3.05) is 7.11 Å². The van der Waals surface area contributed by atoms with Crippen LogP contribution in [0.3, 0.4) is 0 Å². The van der Waals surface area contributed by atoms with Crippen LogP contribution in [0.5, 0.6) is 5.88 Å². The molecule has 0 aliphatic heterocycles. The van der Waals surface area contributed by atoms with Crippen LogP contribution in [0.15, 0.2) is 41.3 Å². The molecule has 10 heteroatoms. The van der Waals surface area contributed by atoms with Gasteiger partial charge in [-0.3, -0.25) is 4.79 Å². The van der Waals surface area contributed by atoms with Gasteiger partial charge < -0.3 is 9.72 Å². The van der Waals surface area contributed by atoms with Gasteiger partial charge in [-0.2, -0.15) is 22.8 Å². The standard InChI is InChI=1S/C18H10Cl2F3N3O2/c1-28-13-5-4-9(15-14(20)16(18(21,22)23)25-26(13)15)8-2-3-10-11(6-8)12(19)7-24-17(10)27/h2-7H,1H3,(H,24,27). The van der Waals surface area contributed by atoms with E-state index in [9.17, 15) is 18.0 Å². The van der Waals surface area contributed by atoms with E-state index in [0.29, 0.717) is 26.9 Å². The molecule has 3 aromatic heterocycles. The summed E-state index contributed by atoms with van der Waals surface area (Å²) >= 11 is 12.2. The first kappa shape index (κ1) is 18.6. The Morgan fingerprint density at radius 1 is 1.14 bits per heavy atom. The summed E-state index contributed by atoms with van der Waals surface area (Å²) in [6, 6.07) is 7.82. The Hall–Kier alpha value is -2.71. The molecule has 0 unspecified atom stereocenters. The van der Waals surface area contributed by atoms with Crippen molar-refractivity contribution < 1.29 is 17.9 Å². The van der Waals surface area contributed by atoms with Gasteiger partial charge in [-0.1, -0.05) is 29.3 Å². The first-order valence-corrected chi connectivity index (χ1v) is 8.61. The molecule has 1 aromatic carbocycles. The van der Waals surface area contributed by atoms with Gasteiger partial charge in [-0.05, 0) is 23.8 Å². The summed E-state index contributed by atoms with van der Waals surface area (Å²) in [6.07, 6.45) is -3.38. The number of hydrogen-bond acceptors (Lipinski definition) is 3. The molecule has 4 rings (SSSR count). The number of pyridine rings is 2. The Morgan fingerprint density at radius 2 is 1.89 bits per heavy atom. The minimum absolute atomic E-state index is 0.0358. The van der Waals surface area contributed by atoms with Gasteiger partial charge in [0.05, 0.1) is 22.7 Å². The van der Waals surface area contributed by atoms with Crippen molar-refractivity contribution in [3.8, 4) is 17.0 Å².